The Morgan fingerprint density at radius 1 is 0.806 bits per heavy atom. The van der Waals surface area contributed by atoms with Crippen LogP contribution in [0.25, 0.3) is 27.9 Å². The number of aryl methyl sites for hydroxylation is 1. The van der Waals surface area contributed by atoms with E-state index in [1.807, 2.05) is 67.6 Å². The minimum absolute atomic E-state index is 0.0432. The monoisotopic (exact) mass is 404 g/mol. The molecule has 31 heavy (non-hydrogen) atoms. The molecule has 0 saturated carbocycles. The van der Waals surface area contributed by atoms with E-state index in [1.54, 1.807) is 18.3 Å². The summed E-state index contributed by atoms with van der Waals surface area (Å²) in [4.78, 5) is 21.2. The van der Waals surface area contributed by atoms with E-state index in [9.17, 15) is 4.79 Å². The number of hydrogen-bond donors (Lipinski definition) is 1. The molecule has 5 nitrogen and oxygen atoms in total. The van der Waals surface area contributed by atoms with Crippen molar-refractivity contribution in [1.29, 1.82) is 0 Å². The molecule has 0 saturated heterocycles. The van der Waals surface area contributed by atoms with E-state index in [0.29, 0.717) is 0 Å². The molecule has 3 heterocycles. The highest BCUT2D eigenvalue weighted by Gasteiger charge is 2.28. The van der Waals surface area contributed by atoms with Crippen LogP contribution in [-0.2, 0) is 4.79 Å². The fourth-order valence-corrected chi connectivity index (χ4v) is 3.83. The first-order valence-electron chi connectivity index (χ1n) is 10.1. The molecule has 0 aliphatic heterocycles. The van der Waals surface area contributed by atoms with Crippen molar-refractivity contribution in [2.75, 3.05) is 0 Å². The number of ketones is 1. The third-order valence-electron chi connectivity index (χ3n) is 5.34. The van der Waals surface area contributed by atoms with Crippen LogP contribution in [0.1, 0.15) is 28.6 Å². The highest BCUT2D eigenvalue weighted by Crippen LogP contribution is 2.33. The molecule has 6 rings (SSSR count). The van der Waals surface area contributed by atoms with Crippen LogP contribution in [0.4, 0.5) is 0 Å². The average Bonchev–Trinajstić information content (AvgIpc) is 3.32. The number of carbonyl (C=O) groups is 1. The first kappa shape index (κ1) is 18.9. The Morgan fingerprint density at radius 2 is 1.55 bits per heavy atom. The van der Waals surface area contributed by atoms with Gasteiger partial charge in [-0.15, -0.1) is 0 Å². The van der Waals surface area contributed by atoms with Gasteiger partial charge in [-0.1, -0.05) is 42.5 Å². The van der Waals surface area contributed by atoms with Crippen LogP contribution in [0.5, 0.6) is 0 Å². The zero-order valence-corrected chi connectivity index (χ0v) is 17.0. The summed E-state index contributed by atoms with van der Waals surface area (Å²) >= 11 is 0. The van der Waals surface area contributed by atoms with Crippen LogP contribution in [0.2, 0.25) is 0 Å². The molecule has 0 bridgehead atoms. The van der Waals surface area contributed by atoms with Gasteiger partial charge in [0.25, 0.3) is 0 Å². The second-order valence-corrected chi connectivity index (χ2v) is 7.47. The van der Waals surface area contributed by atoms with E-state index in [0.717, 1.165) is 39.1 Å². The number of para-hydroxylation sites is 2. The van der Waals surface area contributed by atoms with E-state index in [1.165, 1.54) is 5.39 Å². The first-order chi connectivity index (χ1) is 15.2. The minimum Gasteiger partial charge on any atom is -0.294 e. The summed E-state index contributed by atoms with van der Waals surface area (Å²) in [6.07, 6.45) is 5.10. The van der Waals surface area contributed by atoms with Gasteiger partial charge in [0.1, 0.15) is 0 Å². The molecule has 2 aromatic carbocycles. The lowest BCUT2D eigenvalue weighted by molar-refractivity contribution is -0.115. The highest BCUT2D eigenvalue weighted by atomic mass is 16.1. The van der Waals surface area contributed by atoms with Gasteiger partial charge < -0.3 is 0 Å². The van der Waals surface area contributed by atoms with E-state index >= 15 is 0 Å². The number of fused-ring (bicyclic) bond motifs is 3. The molecule has 1 unspecified atom stereocenters. The van der Waals surface area contributed by atoms with Crippen LogP contribution in [0.3, 0.4) is 0 Å². The number of benzene rings is 2. The van der Waals surface area contributed by atoms with Gasteiger partial charge in [0.05, 0.1) is 28.3 Å². The van der Waals surface area contributed by atoms with Crippen molar-refractivity contribution in [3.05, 3.63) is 108 Å². The number of carbonyl (C=O) groups excluding carboxylic acids is 1. The molecule has 1 aliphatic carbocycles. The highest BCUT2D eigenvalue weighted by molar-refractivity contribution is 6.04. The van der Waals surface area contributed by atoms with Crippen LogP contribution in [-0.4, -0.2) is 25.9 Å². The van der Waals surface area contributed by atoms with Crippen LogP contribution in [0, 0.1) is 6.92 Å². The van der Waals surface area contributed by atoms with Crippen molar-refractivity contribution >= 4 is 33.7 Å². The van der Waals surface area contributed by atoms with Gasteiger partial charge in [0.2, 0.25) is 0 Å². The smallest absolute Gasteiger partial charge is 0.169 e. The number of aromatic nitrogens is 4. The summed E-state index contributed by atoms with van der Waals surface area (Å²) in [6.45, 7) is 2.01. The molecular formula is C26H20N4O. The zero-order valence-electron chi connectivity index (χ0n) is 17.0. The number of rotatable bonds is 1. The van der Waals surface area contributed by atoms with Gasteiger partial charge >= 0.3 is 0 Å². The van der Waals surface area contributed by atoms with E-state index in [2.05, 4.69) is 32.3 Å². The molecule has 0 amide bonds. The summed E-state index contributed by atoms with van der Waals surface area (Å²) in [7, 11) is 0. The van der Waals surface area contributed by atoms with Crippen LogP contribution >= 0.6 is 0 Å². The second kappa shape index (κ2) is 7.95. The number of allylic oxidation sites excluding steroid dienone is 1. The van der Waals surface area contributed by atoms with Crippen molar-refractivity contribution in [3.8, 4) is 0 Å². The summed E-state index contributed by atoms with van der Waals surface area (Å²) in [6, 6.07) is 24.1. The molecular weight excluding hydrogens is 384 g/mol. The van der Waals surface area contributed by atoms with Crippen LogP contribution in [0.15, 0.2) is 85.1 Å². The quantitative estimate of drug-likeness (QED) is 0.415. The molecule has 150 valence electrons. The number of H-pyrrole nitrogens is 1. The molecule has 0 spiro atoms. The fourth-order valence-electron chi connectivity index (χ4n) is 3.83. The summed E-state index contributed by atoms with van der Waals surface area (Å²) in [5.74, 6) is -0.319. The number of nitrogens with zero attached hydrogens (tertiary/aromatic N) is 3. The first-order valence-corrected chi connectivity index (χ1v) is 10.1. The van der Waals surface area contributed by atoms with E-state index in [-0.39, 0.29) is 11.7 Å². The SMILES string of the molecule is Cc1ccc2ccccc2n1.O=C1C=Cc2nc3ccccc3cc2C1c1cc[nH]n1. The van der Waals surface area contributed by atoms with Crippen molar-refractivity contribution in [2.45, 2.75) is 12.8 Å². The summed E-state index contributed by atoms with van der Waals surface area (Å²) in [5.41, 5.74) is 5.58. The molecule has 1 atom stereocenters. The summed E-state index contributed by atoms with van der Waals surface area (Å²) in [5, 5.41) is 9.17. The Hall–Kier alpha value is -4.12. The molecule has 5 aromatic rings. The Kier molecular flexibility index (Phi) is 4.84. The third kappa shape index (κ3) is 3.73. The van der Waals surface area contributed by atoms with Gasteiger partial charge in [-0.2, -0.15) is 5.10 Å². The van der Waals surface area contributed by atoms with E-state index in [4.69, 9.17) is 0 Å². The number of nitrogens with one attached hydrogen (secondary N) is 1. The standard InChI is InChI=1S/C16H11N3O.C10H9N/c20-15-6-5-13-11(16(15)14-7-8-17-19-14)9-10-3-1-2-4-12(10)18-13;1-8-6-7-9-4-2-3-5-10(9)11-8/h1-9,16H,(H,17,19);2-7H,1H3. The molecule has 0 radical (unpaired) electrons. The predicted octanol–water partition coefficient (Wildman–Crippen LogP) is 5.23. The van der Waals surface area contributed by atoms with Gasteiger partial charge in [0.15, 0.2) is 5.78 Å². The lowest BCUT2D eigenvalue weighted by Crippen LogP contribution is -2.17. The Bertz CT molecular complexity index is 1420. The van der Waals surface area contributed by atoms with E-state index < -0.39 is 0 Å². The maximum Gasteiger partial charge on any atom is 0.169 e. The Morgan fingerprint density at radius 3 is 2.32 bits per heavy atom. The number of hydrogen-bond acceptors (Lipinski definition) is 4. The fraction of sp³-hybridized carbons (Fsp3) is 0.0769. The number of aromatic amines is 1. The minimum atomic E-state index is -0.363. The number of pyridine rings is 2. The van der Waals surface area contributed by atoms with Crippen molar-refractivity contribution in [1.82, 2.24) is 20.2 Å². The largest absolute Gasteiger partial charge is 0.294 e. The van der Waals surface area contributed by atoms with Crippen LogP contribution < -0.4 is 0 Å². The van der Waals surface area contributed by atoms with Crippen molar-refractivity contribution in [3.63, 3.8) is 0 Å². The summed E-state index contributed by atoms with van der Waals surface area (Å²) < 4.78 is 0. The van der Waals surface area contributed by atoms with Gasteiger partial charge in [-0.25, -0.2) is 4.98 Å². The maximum absolute atomic E-state index is 12.2. The molecule has 1 aliphatic rings. The second-order valence-electron chi connectivity index (χ2n) is 7.47. The lowest BCUT2D eigenvalue weighted by atomic mass is 9.85. The Labute approximate surface area is 179 Å². The normalized spacial score (nSPS) is 14.9. The van der Waals surface area contributed by atoms with Crippen molar-refractivity contribution in [2.24, 2.45) is 0 Å². The van der Waals surface area contributed by atoms with Crippen molar-refractivity contribution < 1.29 is 4.79 Å². The van der Waals surface area contributed by atoms with Gasteiger partial charge in [0, 0.05) is 22.7 Å². The predicted molar refractivity (Wildman–Crippen MR) is 123 cm³/mol. The third-order valence-corrected chi connectivity index (χ3v) is 5.34. The average molecular weight is 404 g/mol. The van der Waals surface area contributed by atoms with Gasteiger partial charge in [-0.3, -0.25) is 14.9 Å². The topological polar surface area (TPSA) is 71.5 Å². The molecule has 5 heteroatoms. The Balaban J connectivity index is 0.000000157. The zero-order chi connectivity index (χ0) is 21.2. The molecule has 3 aromatic heterocycles. The van der Waals surface area contributed by atoms with Gasteiger partial charge in [-0.05, 0) is 55.0 Å². The maximum atomic E-state index is 12.2. The lowest BCUT2D eigenvalue weighted by Gasteiger charge is -2.18. The molecule has 0 fully saturated rings. The molecule has 1 N–H and O–H groups in total.